The van der Waals surface area contributed by atoms with Crippen LogP contribution in [0.1, 0.15) is 60.8 Å². The summed E-state index contributed by atoms with van der Waals surface area (Å²) in [7, 11) is 0. The lowest BCUT2D eigenvalue weighted by molar-refractivity contribution is -0.151. The van der Waals surface area contributed by atoms with E-state index in [1.807, 2.05) is 13.8 Å². The number of nitrogens with zero attached hydrogens (tertiary/aromatic N) is 1. The third kappa shape index (κ3) is 6.23. The summed E-state index contributed by atoms with van der Waals surface area (Å²) in [5.41, 5.74) is -0.576. The fourth-order valence-electron chi connectivity index (χ4n) is 2.27. The summed E-state index contributed by atoms with van der Waals surface area (Å²) in [5.74, 6) is -0.131. The summed E-state index contributed by atoms with van der Waals surface area (Å²) in [6, 6.07) is 0.553. The first kappa shape index (κ1) is 19.4. The van der Waals surface area contributed by atoms with Crippen LogP contribution in [-0.4, -0.2) is 48.7 Å². The van der Waals surface area contributed by atoms with Crippen molar-refractivity contribution in [3.05, 3.63) is 0 Å². The minimum atomic E-state index is -0.576. The van der Waals surface area contributed by atoms with Gasteiger partial charge in [-0.2, -0.15) is 0 Å². The zero-order valence-electron chi connectivity index (χ0n) is 14.3. The molecule has 0 bridgehead atoms. The average molecular weight is 286 g/mol. The second-order valence-electron chi connectivity index (χ2n) is 5.62. The lowest BCUT2D eigenvalue weighted by Gasteiger charge is -2.33. The molecule has 0 saturated carbocycles. The molecule has 0 saturated heterocycles. The fourth-order valence-corrected chi connectivity index (χ4v) is 2.27. The Balaban J connectivity index is 4.66. The minimum absolute atomic E-state index is 0.131. The lowest BCUT2D eigenvalue weighted by atomic mass is 9.96. The Hall–Kier alpha value is -0.610. The van der Waals surface area contributed by atoms with E-state index in [0.717, 1.165) is 38.9 Å². The van der Waals surface area contributed by atoms with Crippen LogP contribution >= 0.6 is 0 Å². The molecule has 2 unspecified atom stereocenters. The number of nitrogens with one attached hydrogen (secondary N) is 1. The first-order valence-corrected chi connectivity index (χ1v) is 8.11. The number of carbonyl (C=O) groups is 1. The van der Waals surface area contributed by atoms with Crippen molar-refractivity contribution in [1.29, 1.82) is 0 Å². The number of carbonyl (C=O) groups excluding carboxylic acids is 1. The van der Waals surface area contributed by atoms with E-state index in [4.69, 9.17) is 4.74 Å². The molecule has 120 valence electrons. The van der Waals surface area contributed by atoms with Gasteiger partial charge in [0.05, 0.1) is 6.61 Å². The number of rotatable bonds is 11. The van der Waals surface area contributed by atoms with Crippen molar-refractivity contribution >= 4 is 5.97 Å². The molecule has 0 rings (SSSR count). The number of esters is 1. The molecule has 0 radical (unpaired) electrons. The van der Waals surface area contributed by atoms with Gasteiger partial charge in [0.15, 0.2) is 0 Å². The van der Waals surface area contributed by atoms with Gasteiger partial charge in [0.1, 0.15) is 5.54 Å². The second kappa shape index (κ2) is 10.2. The molecule has 4 nitrogen and oxygen atoms in total. The van der Waals surface area contributed by atoms with E-state index in [9.17, 15) is 4.79 Å². The zero-order chi connectivity index (χ0) is 15.6. The predicted octanol–water partition coefficient (Wildman–Crippen LogP) is 2.82. The van der Waals surface area contributed by atoms with Crippen molar-refractivity contribution in [3.63, 3.8) is 0 Å². The fraction of sp³-hybridized carbons (Fsp3) is 0.938. The molecule has 0 aliphatic heterocycles. The van der Waals surface area contributed by atoms with Crippen LogP contribution in [0.15, 0.2) is 0 Å². The van der Waals surface area contributed by atoms with Gasteiger partial charge in [0.2, 0.25) is 0 Å². The molecule has 0 heterocycles. The summed E-state index contributed by atoms with van der Waals surface area (Å²) < 4.78 is 5.24. The maximum atomic E-state index is 12.2. The van der Waals surface area contributed by atoms with Crippen molar-refractivity contribution < 1.29 is 9.53 Å². The van der Waals surface area contributed by atoms with Gasteiger partial charge in [0, 0.05) is 12.6 Å². The minimum Gasteiger partial charge on any atom is -0.465 e. The largest absolute Gasteiger partial charge is 0.465 e. The molecule has 4 heteroatoms. The van der Waals surface area contributed by atoms with Gasteiger partial charge in [-0.25, -0.2) is 0 Å². The van der Waals surface area contributed by atoms with Crippen molar-refractivity contribution in [1.82, 2.24) is 10.2 Å². The van der Waals surface area contributed by atoms with Gasteiger partial charge in [-0.1, -0.05) is 20.8 Å². The molecule has 0 aromatic rings. The van der Waals surface area contributed by atoms with E-state index < -0.39 is 5.54 Å². The molecule has 1 N–H and O–H groups in total. The van der Waals surface area contributed by atoms with Gasteiger partial charge in [-0.05, 0) is 53.1 Å². The molecule has 0 aliphatic carbocycles. The van der Waals surface area contributed by atoms with Crippen LogP contribution < -0.4 is 5.32 Å². The van der Waals surface area contributed by atoms with Crippen LogP contribution in [0.25, 0.3) is 0 Å². The van der Waals surface area contributed by atoms with Crippen LogP contribution in [0.4, 0.5) is 0 Å². The molecule has 0 aromatic heterocycles. The summed E-state index contributed by atoms with van der Waals surface area (Å²) in [4.78, 5) is 14.6. The van der Waals surface area contributed by atoms with E-state index in [0.29, 0.717) is 12.6 Å². The van der Waals surface area contributed by atoms with E-state index >= 15 is 0 Å². The Bertz CT molecular complexity index is 271. The van der Waals surface area contributed by atoms with E-state index in [2.05, 4.69) is 37.9 Å². The van der Waals surface area contributed by atoms with Crippen LogP contribution in [0.5, 0.6) is 0 Å². The average Bonchev–Trinajstić information content (AvgIpc) is 2.45. The summed E-state index contributed by atoms with van der Waals surface area (Å²) >= 11 is 0. The van der Waals surface area contributed by atoms with Crippen LogP contribution in [0, 0.1) is 0 Å². The van der Waals surface area contributed by atoms with Crippen molar-refractivity contribution in [2.45, 2.75) is 72.4 Å². The SMILES string of the molecule is CCCNC(C)(CCN(CC)C(C)CC)C(=O)OCC. The molecule has 0 aromatic carbocycles. The van der Waals surface area contributed by atoms with Crippen molar-refractivity contribution in [3.8, 4) is 0 Å². The smallest absolute Gasteiger partial charge is 0.326 e. The first-order chi connectivity index (χ1) is 9.45. The zero-order valence-corrected chi connectivity index (χ0v) is 14.3. The summed E-state index contributed by atoms with van der Waals surface area (Å²) in [6.45, 7) is 15.7. The molecule has 0 spiro atoms. The van der Waals surface area contributed by atoms with E-state index in [1.54, 1.807) is 0 Å². The molecular weight excluding hydrogens is 252 g/mol. The summed E-state index contributed by atoms with van der Waals surface area (Å²) in [6.07, 6.45) is 2.92. The van der Waals surface area contributed by atoms with Gasteiger partial charge < -0.3 is 15.0 Å². The Morgan fingerprint density at radius 2 is 1.95 bits per heavy atom. The predicted molar refractivity (Wildman–Crippen MR) is 84.9 cm³/mol. The van der Waals surface area contributed by atoms with Crippen LogP contribution in [0.2, 0.25) is 0 Å². The van der Waals surface area contributed by atoms with Crippen molar-refractivity contribution in [2.24, 2.45) is 0 Å². The van der Waals surface area contributed by atoms with E-state index in [1.165, 1.54) is 0 Å². The third-order valence-electron chi connectivity index (χ3n) is 4.01. The van der Waals surface area contributed by atoms with Crippen LogP contribution in [-0.2, 0) is 9.53 Å². The molecule has 0 fully saturated rings. The molecule has 0 aliphatic rings. The Morgan fingerprint density at radius 3 is 2.40 bits per heavy atom. The highest BCUT2D eigenvalue weighted by atomic mass is 16.5. The Labute approximate surface area is 125 Å². The lowest BCUT2D eigenvalue weighted by Crippen LogP contribution is -2.53. The number of hydrogen-bond acceptors (Lipinski definition) is 4. The molecule has 0 amide bonds. The van der Waals surface area contributed by atoms with Gasteiger partial charge in [0.25, 0.3) is 0 Å². The van der Waals surface area contributed by atoms with E-state index in [-0.39, 0.29) is 5.97 Å². The molecule has 20 heavy (non-hydrogen) atoms. The molecule has 2 atom stereocenters. The Kier molecular flexibility index (Phi) is 9.86. The highest BCUT2D eigenvalue weighted by molar-refractivity contribution is 5.80. The topological polar surface area (TPSA) is 41.6 Å². The second-order valence-corrected chi connectivity index (χ2v) is 5.62. The monoisotopic (exact) mass is 286 g/mol. The molecular formula is C16H34N2O2. The number of hydrogen-bond donors (Lipinski definition) is 1. The maximum absolute atomic E-state index is 12.2. The standard InChI is InChI=1S/C16H34N2O2/c1-7-12-17-16(6,15(19)20-10-4)11-13-18(9-3)14(5)8-2/h14,17H,7-13H2,1-6H3. The highest BCUT2D eigenvalue weighted by Gasteiger charge is 2.34. The van der Waals surface area contributed by atoms with Gasteiger partial charge in [-0.3, -0.25) is 4.79 Å². The first-order valence-electron chi connectivity index (χ1n) is 8.11. The quantitative estimate of drug-likeness (QED) is 0.593. The van der Waals surface area contributed by atoms with Crippen LogP contribution in [0.3, 0.4) is 0 Å². The maximum Gasteiger partial charge on any atom is 0.326 e. The third-order valence-corrected chi connectivity index (χ3v) is 4.01. The summed E-state index contributed by atoms with van der Waals surface area (Å²) in [5, 5.41) is 3.37. The van der Waals surface area contributed by atoms with Crippen molar-refractivity contribution in [2.75, 3.05) is 26.2 Å². The normalized spacial score (nSPS) is 15.9. The Morgan fingerprint density at radius 1 is 1.30 bits per heavy atom. The highest BCUT2D eigenvalue weighted by Crippen LogP contribution is 2.15. The number of ether oxygens (including phenoxy) is 1. The van der Waals surface area contributed by atoms with Gasteiger partial charge >= 0.3 is 5.97 Å². The van der Waals surface area contributed by atoms with Gasteiger partial charge in [-0.15, -0.1) is 0 Å².